The number of rotatable bonds is 4. The second kappa shape index (κ2) is 6.97. The summed E-state index contributed by atoms with van der Waals surface area (Å²) in [5, 5.41) is 8.94. The fourth-order valence-corrected chi connectivity index (χ4v) is 2.91. The van der Waals surface area contributed by atoms with Crippen LogP contribution in [-0.2, 0) is 25.6 Å². The van der Waals surface area contributed by atoms with Crippen LogP contribution in [0.5, 0.6) is 0 Å². The largest absolute Gasteiger partial charge is 0.481 e. The molecule has 0 spiro atoms. The van der Waals surface area contributed by atoms with E-state index in [2.05, 4.69) is 0 Å². The SMILES string of the molecule is O=C(O)C[C@@H]1CN(C(=O)OCc2ccccc2)[C@H]2COC[C@@H]2O1. The lowest BCUT2D eigenvalue weighted by Gasteiger charge is -2.39. The monoisotopic (exact) mass is 321 g/mol. The van der Waals surface area contributed by atoms with Crippen LogP contribution >= 0.6 is 0 Å². The van der Waals surface area contributed by atoms with E-state index in [9.17, 15) is 9.59 Å². The Labute approximate surface area is 133 Å². The van der Waals surface area contributed by atoms with Gasteiger partial charge in [0.25, 0.3) is 0 Å². The van der Waals surface area contributed by atoms with Gasteiger partial charge in [0, 0.05) is 0 Å². The van der Waals surface area contributed by atoms with Crippen molar-refractivity contribution in [2.24, 2.45) is 0 Å². The van der Waals surface area contributed by atoms with Crippen molar-refractivity contribution in [1.82, 2.24) is 4.90 Å². The van der Waals surface area contributed by atoms with E-state index in [0.717, 1.165) is 5.56 Å². The molecule has 0 bridgehead atoms. The molecule has 1 aromatic rings. The number of carbonyl (C=O) groups excluding carboxylic acids is 1. The lowest BCUT2D eigenvalue weighted by molar-refractivity contribution is -0.147. The summed E-state index contributed by atoms with van der Waals surface area (Å²) in [7, 11) is 0. The van der Waals surface area contributed by atoms with Crippen molar-refractivity contribution in [1.29, 1.82) is 0 Å². The molecule has 7 heteroatoms. The molecular formula is C16H19NO6. The van der Waals surface area contributed by atoms with Gasteiger partial charge in [-0.2, -0.15) is 0 Å². The molecule has 0 unspecified atom stereocenters. The highest BCUT2D eigenvalue weighted by Crippen LogP contribution is 2.26. The molecule has 2 saturated heterocycles. The van der Waals surface area contributed by atoms with Crippen molar-refractivity contribution in [3.05, 3.63) is 35.9 Å². The third kappa shape index (κ3) is 3.80. The summed E-state index contributed by atoms with van der Waals surface area (Å²) < 4.78 is 16.4. The van der Waals surface area contributed by atoms with Gasteiger partial charge in [-0.15, -0.1) is 0 Å². The van der Waals surface area contributed by atoms with Crippen LogP contribution < -0.4 is 0 Å². The van der Waals surface area contributed by atoms with Gasteiger partial charge < -0.3 is 19.3 Å². The van der Waals surface area contributed by atoms with Gasteiger partial charge in [0.2, 0.25) is 0 Å². The minimum atomic E-state index is -0.954. The first-order chi connectivity index (χ1) is 11.1. The van der Waals surface area contributed by atoms with E-state index in [1.54, 1.807) is 0 Å². The molecule has 1 N–H and O–H groups in total. The van der Waals surface area contributed by atoms with E-state index in [1.165, 1.54) is 4.90 Å². The standard InChI is InChI=1S/C16H19NO6/c18-15(19)6-12-7-17(13-9-21-10-14(13)23-12)16(20)22-8-11-4-2-1-3-5-11/h1-5,12-14H,6-10H2,(H,18,19)/t12-,13+,14+/m1/s1. The molecule has 0 radical (unpaired) electrons. The maximum absolute atomic E-state index is 12.4. The fourth-order valence-electron chi connectivity index (χ4n) is 2.91. The number of ether oxygens (including phenoxy) is 3. The molecule has 3 rings (SSSR count). The molecule has 2 aliphatic heterocycles. The molecule has 1 aromatic carbocycles. The molecule has 0 aromatic heterocycles. The summed E-state index contributed by atoms with van der Waals surface area (Å²) in [5.41, 5.74) is 0.899. The first-order valence-electron chi connectivity index (χ1n) is 7.56. The fraction of sp³-hybridized carbons (Fsp3) is 0.500. The van der Waals surface area contributed by atoms with Gasteiger partial charge in [-0.05, 0) is 5.56 Å². The van der Waals surface area contributed by atoms with Crippen molar-refractivity contribution < 1.29 is 28.9 Å². The zero-order valence-electron chi connectivity index (χ0n) is 12.6. The minimum absolute atomic E-state index is 0.147. The van der Waals surface area contributed by atoms with E-state index >= 15 is 0 Å². The average molecular weight is 321 g/mol. The third-order valence-electron chi connectivity index (χ3n) is 4.01. The number of carbonyl (C=O) groups is 2. The lowest BCUT2D eigenvalue weighted by atomic mass is 10.1. The Morgan fingerprint density at radius 3 is 2.78 bits per heavy atom. The highest BCUT2D eigenvalue weighted by molar-refractivity contribution is 5.70. The second-order valence-corrected chi connectivity index (χ2v) is 5.69. The number of aliphatic carboxylic acids is 1. The molecule has 124 valence electrons. The van der Waals surface area contributed by atoms with Crippen LogP contribution in [0.1, 0.15) is 12.0 Å². The lowest BCUT2D eigenvalue weighted by Crippen LogP contribution is -2.57. The first kappa shape index (κ1) is 15.8. The molecule has 2 aliphatic rings. The molecule has 0 aliphatic carbocycles. The van der Waals surface area contributed by atoms with Gasteiger partial charge in [0.1, 0.15) is 12.7 Å². The number of benzene rings is 1. The van der Waals surface area contributed by atoms with Gasteiger partial charge in [-0.3, -0.25) is 9.69 Å². The Balaban J connectivity index is 1.63. The van der Waals surface area contributed by atoms with E-state index < -0.39 is 18.2 Å². The molecule has 2 fully saturated rings. The van der Waals surface area contributed by atoms with Crippen LogP contribution in [0.15, 0.2) is 30.3 Å². The Bertz CT molecular complexity index is 563. The summed E-state index contributed by atoms with van der Waals surface area (Å²) in [5.74, 6) is -0.954. The molecule has 0 saturated carbocycles. The molecule has 2 heterocycles. The number of fused-ring (bicyclic) bond motifs is 1. The van der Waals surface area contributed by atoms with Gasteiger partial charge >= 0.3 is 12.1 Å². The minimum Gasteiger partial charge on any atom is -0.481 e. The van der Waals surface area contributed by atoms with E-state index in [0.29, 0.717) is 13.2 Å². The summed E-state index contributed by atoms with van der Waals surface area (Å²) in [6.45, 7) is 1.12. The van der Waals surface area contributed by atoms with Crippen LogP contribution in [-0.4, -0.2) is 60.1 Å². The molecular weight excluding hydrogens is 302 g/mol. The number of carboxylic acids is 1. The zero-order chi connectivity index (χ0) is 16.2. The van der Waals surface area contributed by atoms with Crippen molar-refractivity contribution in [2.75, 3.05) is 19.8 Å². The van der Waals surface area contributed by atoms with Crippen molar-refractivity contribution in [2.45, 2.75) is 31.3 Å². The van der Waals surface area contributed by atoms with Crippen molar-refractivity contribution in [3.8, 4) is 0 Å². The number of amides is 1. The van der Waals surface area contributed by atoms with Crippen molar-refractivity contribution >= 4 is 12.1 Å². The summed E-state index contributed by atoms with van der Waals surface area (Å²) in [6, 6.07) is 9.18. The number of hydrogen-bond donors (Lipinski definition) is 1. The van der Waals surface area contributed by atoms with E-state index in [4.69, 9.17) is 19.3 Å². The maximum atomic E-state index is 12.4. The Kier molecular flexibility index (Phi) is 4.78. The maximum Gasteiger partial charge on any atom is 0.410 e. The number of hydrogen-bond acceptors (Lipinski definition) is 5. The van der Waals surface area contributed by atoms with Crippen LogP contribution in [0.4, 0.5) is 4.79 Å². The number of nitrogens with zero attached hydrogens (tertiary/aromatic N) is 1. The molecule has 1 amide bonds. The van der Waals surface area contributed by atoms with Gasteiger partial charge in [-0.25, -0.2) is 4.79 Å². The zero-order valence-corrected chi connectivity index (χ0v) is 12.6. The van der Waals surface area contributed by atoms with Crippen LogP contribution in [0.25, 0.3) is 0 Å². The Morgan fingerprint density at radius 1 is 1.26 bits per heavy atom. The Morgan fingerprint density at radius 2 is 2.04 bits per heavy atom. The van der Waals surface area contributed by atoms with Crippen LogP contribution in [0.3, 0.4) is 0 Å². The van der Waals surface area contributed by atoms with Gasteiger partial charge in [0.05, 0.1) is 38.3 Å². The molecule has 7 nitrogen and oxygen atoms in total. The van der Waals surface area contributed by atoms with E-state index in [-0.39, 0.29) is 31.7 Å². The predicted molar refractivity (Wildman–Crippen MR) is 78.9 cm³/mol. The van der Waals surface area contributed by atoms with E-state index in [1.807, 2.05) is 30.3 Å². The molecule has 3 atom stereocenters. The predicted octanol–water partition coefficient (Wildman–Crippen LogP) is 1.27. The summed E-state index contributed by atoms with van der Waals surface area (Å²) in [4.78, 5) is 24.8. The first-order valence-corrected chi connectivity index (χ1v) is 7.56. The average Bonchev–Trinajstić information content (AvgIpc) is 3.00. The van der Waals surface area contributed by atoms with Crippen molar-refractivity contribution in [3.63, 3.8) is 0 Å². The topological polar surface area (TPSA) is 85.3 Å². The quantitative estimate of drug-likeness (QED) is 0.899. The summed E-state index contributed by atoms with van der Waals surface area (Å²) >= 11 is 0. The summed E-state index contributed by atoms with van der Waals surface area (Å²) in [6.07, 6.45) is -1.45. The highest BCUT2D eigenvalue weighted by Gasteiger charge is 2.44. The second-order valence-electron chi connectivity index (χ2n) is 5.69. The number of carboxylic acid groups (broad SMARTS) is 1. The van der Waals surface area contributed by atoms with Crippen LogP contribution in [0.2, 0.25) is 0 Å². The van der Waals surface area contributed by atoms with Crippen LogP contribution in [0, 0.1) is 0 Å². The highest BCUT2D eigenvalue weighted by atomic mass is 16.6. The smallest absolute Gasteiger partial charge is 0.410 e. The normalized spacial score (nSPS) is 26.6. The number of morpholine rings is 1. The molecule has 23 heavy (non-hydrogen) atoms. The Hall–Kier alpha value is -2.12. The van der Waals surface area contributed by atoms with Gasteiger partial charge in [0.15, 0.2) is 0 Å². The van der Waals surface area contributed by atoms with Gasteiger partial charge in [-0.1, -0.05) is 30.3 Å². The third-order valence-corrected chi connectivity index (χ3v) is 4.01.